The van der Waals surface area contributed by atoms with E-state index in [1.54, 1.807) is 18.5 Å². The first kappa shape index (κ1) is 18.4. The fraction of sp³-hybridized carbons (Fsp3) is 0.353. The van der Waals surface area contributed by atoms with Crippen LogP contribution in [0.4, 0.5) is 0 Å². The predicted molar refractivity (Wildman–Crippen MR) is 93.1 cm³/mol. The highest BCUT2D eigenvalue weighted by molar-refractivity contribution is 5.64. The zero-order valence-corrected chi connectivity index (χ0v) is 13.5. The summed E-state index contributed by atoms with van der Waals surface area (Å²) in [5, 5.41) is 4.45. The molecule has 2 heterocycles. The molecule has 0 unspecified atom stereocenters. The standard InChI is InChI=1S/C14H14N4O2.C2H6.CH4/c1-8-12-14(19)16-13(17-18(12)9(2)15-8)10-6-4-5-7-11(10)20-3;1-2;/h4-7H,1-3H3,(H,16,17,19);1-2H3;1H4. The molecule has 6 nitrogen and oxygen atoms in total. The van der Waals surface area contributed by atoms with E-state index in [-0.39, 0.29) is 13.0 Å². The second kappa shape index (κ2) is 7.58. The summed E-state index contributed by atoms with van der Waals surface area (Å²) in [6.07, 6.45) is 0. The smallest absolute Gasteiger partial charge is 0.277 e. The summed E-state index contributed by atoms with van der Waals surface area (Å²) in [6.45, 7) is 7.61. The normalized spacial score (nSPS) is 9.78. The topological polar surface area (TPSA) is 72.3 Å². The van der Waals surface area contributed by atoms with Crippen LogP contribution in [0, 0.1) is 13.8 Å². The van der Waals surface area contributed by atoms with Gasteiger partial charge in [-0.2, -0.15) is 0 Å². The maximum absolute atomic E-state index is 12.2. The first-order valence-corrected chi connectivity index (χ1v) is 7.21. The summed E-state index contributed by atoms with van der Waals surface area (Å²) in [5.41, 5.74) is 1.67. The Morgan fingerprint density at radius 3 is 2.48 bits per heavy atom. The number of methoxy groups -OCH3 is 1. The van der Waals surface area contributed by atoms with Crippen LogP contribution in [0.5, 0.6) is 5.75 Å². The van der Waals surface area contributed by atoms with Gasteiger partial charge in [0.15, 0.2) is 11.3 Å². The number of aryl methyl sites for hydroxylation is 2. The van der Waals surface area contributed by atoms with Crippen molar-refractivity contribution in [3.63, 3.8) is 0 Å². The average Bonchev–Trinajstić information content (AvgIpc) is 2.84. The number of fused-ring (bicyclic) bond motifs is 1. The van der Waals surface area contributed by atoms with E-state index in [9.17, 15) is 4.79 Å². The molecule has 3 aromatic rings. The van der Waals surface area contributed by atoms with Crippen LogP contribution in [0.3, 0.4) is 0 Å². The fourth-order valence-electron chi connectivity index (χ4n) is 2.29. The number of nitrogens with zero attached hydrogens (tertiary/aromatic N) is 3. The first-order chi connectivity index (χ1) is 10.6. The Hall–Kier alpha value is -2.63. The maximum Gasteiger partial charge on any atom is 0.277 e. The molecule has 0 atom stereocenters. The Bertz CT molecular complexity index is 849. The Kier molecular flexibility index (Phi) is 6.07. The molecule has 0 amide bonds. The number of aromatic nitrogens is 4. The van der Waals surface area contributed by atoms with E-state index in [1.807, 2.05) is 45.0 Å². The molecule has 6 heteroatoms. The zero-order chi connectivity index (χ0) is 16.3. The molecule has 0 saturated heterocycles. The molecule has 124 valence electrons. The van der Waals surface area contributed by atoms with Crippen LogP contribution < -0.4 is 10.3 Å². The third-order valence-corrected chi connectivity index (χ3v) is 3.20. The lowest BCUT2D eigenvalue weighted by Gasteiger charge is -2.07. The number of H-pyrrole nitrogens is 1. The molecule has 0 saturated carbocycles. The van der Waals surface area contributed by atoms with E-state index in [2.05, 4.69) is 15.1 Å². The summed E-state index contributed by atoms with van der Waals surface area (Å²) >= 11 is 0. The maximum atomic E-state index is 12.2. The lowest BCUT2D eigenvalue weighted by atomic mass is 10.2. The quantitative estimate of drug-likeness (QED) is 0.786. The van der Waals surface area contributed by atoms with Crippen LogP contribution in [-0.2, 0) is 0 Å². The first-order valence-electron chi connectivity index (χ1n) is 7.21. The molecule has 1 aromatic carbocycles. The van der Waals surface area contributed by atoms with E-state index in [0.29, 0.717) is 28.6 Å². The summed E-state index contributed by atoms with van der Waals surface area (Å²) in [4.78, 5) is 19.3. The molecular weight excluding hydrogens is 292 g/mol. The molecular formula is C17H24N4O2. The van der Waals surface area contributed by atoms with Gasteiger partial charge in [-0.15, -0.1) is 5.10 Å². The minimum absolute atomic E-state index is 0. The molecule has 23 heavy (non-hydrogen) atoms. The van der Waals surface area contributed by atoms with Gasteiger partial charge in [-0.3, -0.25) is 4.79 Å². The Balaban J connectivity index is 0.000000849. The number of para-hydroxylation sites is 1. The number of nitrogens with one attached hydrogen (secondary N) is 1. The van der Waals surface area contributed by atoms with Gasteiger partial charge in [0.25, 0.3) is 5.56 Å². The highest BCUT2D eigenvalue weighted by Gasteiger charge is 2.14. The molecule has 0 aliphatic rings. The minimum atomic E-state index is -0.209. The van der Waals surface area contributed by atoms with Crippen LogP contribution in [-0.4, -0.2) is 26.7 Å². The average molecular weight is 316 g/mol. The molecule has 0 radical (unpaired) electrons. The van der Waals surface area contributed by atoms with Gasteiger partial charge in [0.05, 0.1) is 18.4 Å². The number of hydrogen-bond acceptors (Lipinski definition) is 4. The van der Waals surface area contributed by atoms with Gasteiger partial charge in [0.2, 0.25) is 0 Å². The molecule has 3 rings (SSSR count). The SMILES string of the molecule is C.CC.COc1ccccc1-c1nn2c(C)nc(C)c2c(=O)[nH]1. The third kappa shape index (κ3) is 3.26. The van der Waals surface area contributed by atoms with Gasteiger partial charge >= 0.3 is 0 Å². The van der Waals surface area contributed by atoms with Gasteiger partial charge in [-0.05, 0) is 26.0 Å². The van der Waals surface area contributed by atoms with Crippen molar-refractivity contribution in [1.82, 2.24) is 19.6 Å². The number of ether oxygens (including phenoxy) is 1. The summed E-state index contributed by atoms with van der Waals surface area (Å²) < 4.78 is 6.87. The van der Waals surface area contributed by atoms with Crippen molar-refractivity contribution in [2.24, 2.45) is 0 Å². The van der Waals surface area contributed by atoms with E-state index in [1.165, 1.54) is 0 Å². The van der Waals surface area contributed by atoms with Crippen molar-refractivity contribution in [3.05, 3.63) is 46.1 Å². The van der Waals surface area contributed by atoms with Crippen LogP contribution in [0.1, 0.15) is 32.8 Å². The summed E-state index contributed by atoms with van der Waals surface area (Å²) in [7, 11) is 1.59. The van der Waals surface area contributed by atoms with Crippen LogP contribution in [0.25, 0.3) is 16.9 Å². The molecule has 2 aromatic heterocycles. The van der Waals surface area contributed by atoms with Gasteiger partial charge in [0.1, 0.15) is 11.6 Å². The Morgan fingerprint density at radius 2 is 1.83 bits per heavy atom. The molecule has 0 fully saturated rings. The second-order valence-electron chi connectivity index (χ2n) is 4.51. The molecule has 0 aliphatic heterocycles. The molecule has 0 aliphatic carbocycles. The third-order valence-electron chi connectivity index (χ3n) is 3.20. The molecule has 0 spiro atoms. The van der Waals surface area contributed by atoms with E-state index < -0.39 is 0 Å². The second-order valence-corrected chi connectivity index (χ2v) is 4.51. The largest absolute Gasteiger partial charge is 0.496 e. The zero-order valence-electron chi connectivity index (χ0n) is 13.5. The van der Waals surface area contributed by atoms with E-state index in [4.69, 9.17) is 4.74 Å². The van der Waals surface area contributed by atoms with Gasteiger partial charge in [0, 0.05) is 0 Å². The Labute approximate surface area is 136 Å². The summed E-state index contributed by atoms with van der Waals surface area (Å²) in [5.74, 6) is 1.80. The summed E-state index contributed by atoms with van der Waals surface area (Å²) in [6, 6.07) is 7.41. The van der Waals surface area contributed by atoms with E-state index in [0.717, 1.165) is 5.56 Å². The number of rotatable bonds is 2. The number of benzene rings is 1. The number of hydrogen-bond donors (Lipinski definition) is 1. The lowest BCUT2D eigenvalue weighted by Crippen LogP contribution is -2.15. The van der Waals surface area contributed by atoms with Gasteiger partial charge < -0.3 is 9.72 Å². The van der Waals surface area contributed by atoms with Crippen LogP contribution >= 0.6 is 0 Å². The van der Waals surface area contributed by atoms with Crippen molar-refractivity contribution >= 4 is 5.52 Å². The Morgan fingerprint density at radius 1 is 1.17 bits per heavy atom. The highest BCUT2D eigenvalue weighted by Crippen LogP contribution is 2.26. The fourth-order valence-corrected chi connectivity index (χ4v) is 2.29. The van der Waals surface area contributed by atoms with E-state index >= 15 is 0 Å². The predicted octanol–water partition coefficient (Wildman–Crippen LogP) is 3.37. The number of aromatic amines is 1. The minimum Gasteiger partial charge on any atom is -0.496 e. The van der Waals surface area contributed by atoms with Crippen molar-refractivity contribution in [2.75, 3.05) is 7.11 Å². The van der Waals surface area contributed by atoms with Crippen LogP contribution in [0.2, 0.25) is 0 Å². The van der Waals surface area contributed by atoms with Crippen molar-refractivity contribution in [1.29, 1.82) is 0 Å². The van der Waals surface area contributed by atoms with Crippen molar-refractivity contribution in [2.45, 2.75) is 35.1 Å². The highest BCUT2D eigenvalue weighted by atomic mass is 16.5. The van der Waals surface area contributed by atoms with Gasteiger partial charge in [-0.1, -0.05) is 33.4 Å². The molecule has 1 N–H and O–H groups in total. The van der Waals surface area contributed by atoms with Crippen molar-refractivity contribution in [3.8, 4) is 17.1 Å². The van der Waals surface area contributed by atoms with Crippen molar-refractivity contribution < 1.29 is 4.74 Å². The molecule has 0 bridgehead atoms. The van der Waals surface area contributed by atoms with Gasteiger partial charge in [-0.25, -0.2) is 9.50 Å². The monoisotopic (exact) mass is 316 g/mol. The van der Waals surface area contributed by atoms with Crippen LogP contribution in [0.15, 0.2) is 29.1 Å². The number of imidazole rings is 1. The lowest BCUT2D eigenvalue weighted by molar-refractivity contribution is 0.416.